The van der Waals surface area contributed by atoms with E-state index in [0.717, 1.165) is 0 Å². The van der Waals surface area contributed by atoms with E-state index in [1.807, 2.05) is 0 Å². The van der Waals surface area contributed by atoms with Crippen molar-refractivity contribution in [2.75, 3.05) is 20.0 Å². The second-order valence-corrected chi connectivity index (χ2v) is 9.27. The Labute approximate surface area is 76.3 Å². The van der Waals surface area contributed by atoms with Crippen molar-refractivity contribution in [3.8, 4) is 0 Å². The summed E-state index contributed by atoms with van der Waals surface area (Å²) < 4.78 is 0. The van der Waals surface area contributed by atoms with Crippen LogP contribution < -0.4 is 0 Å². The lowest BCUT2D eigenvalue weighted by molar-refractivity contribution is 1.29. The van der Waals surface area contributed by atoms with Crippen molar-refractivity contribution in [3.05, 3.63) is 35.4 Å². The molecule has 0 fully saturated rings. The molecule has 0 saturated carbocycles. The van der Waals surface area contributed by atoms with Crippen molar-refractivity contribution in [1.29, 1.82) is 0 Å². The Morgan fingerprint density at radius 2 is 1.67 bits per heavy atom. The monoisotopic (exact) mass is 181 g/mol. The van der Waals surface area contributed by atoms with E-state index in [1.165, 1.54) is 17.3 Å². The van der Waals surface area contributed by atoms with Gasteiger partial charge < -0.3 is 0 Å². The highest BCUT2D eigenvalue weighted by molar-refractivity contribution is 7.72. The molecule has 0 radical (unpaired) electrons. The molecule has 0 N–H and O–H groups in total. The second-order valence-electron chi connectivity index (χ2n) is 4.37. The van der Waals surface area contributed by atoms with Gasteiger partial charge in [-0.15, -0.1) is 0 Å². The van der Waals surface area contributed by atoms with Crippen LogP contribution in [0.4, 0.5) is 0 Å². The summed E-state index contributed by atoms with van der Waals surface area (Å²) in [6.07, 6.45) is 1.28. The molecule has 0 aliphatic rings. The Balaban J connectivity index is 2.83. The highest BCUT2D eigenvalue weighted by Gasteiger charge is 2.18. The van der Waals surface area contributed by atoms with Crippen LogP contribution in [0.15, 0.2) is 24.3 Å². The Morgan fingerprint density at radius 1 is 1.08 bits per heavy atom. The van der Waals surface area contributed by atoms with Gasteiger partial charge in [-0.3, -0.25) is 0 Å². The summed E-state index contributed by atoms with van der Waals surface area (Å²) in [5, 5.41) is 0. The highest BCUT2D eigenvalue weighted by Crippen LogP contribution is 2.50. The maximum atomic E-state index is 2.39. The van der Waals surface area contributed by atoms with E-state index >= 15 is 0 Å². The molecule has 0 bridgehead atoms. The fourth-order valence-electron chi connectivity index (χ4n) is 1.30. The first kappa shape index (κ1) is 9.74. The van der Waals surface area contributed by atoms with E-state index in [2.05, 4.69) is 51.2 Å². The average Bonchev–Trinajstić information content (AvgIpc) is 1.91. The Morgan fingerprint density at radius 3 is 2.17 bits per heavy atom. The van der Waals surface area contributed by atoms with Gasteiger partial charge in [0.1, 0.15) is 0 Å². The number of benzene rings is 1. The average molecular weight is 181 g/mol. The lowest BCUT2D eigenvalue weighted by atomic mass is 10.1. The third kappa shape index (κ3) is 2.95. The van der Waals surface area contributed by atoms with Crippen LogP contribution in [-0.4, -0.2) is 20.0 Å². The van der Waals surface area contributed by atoms with E-state index in [0.29, 0.717) is 0 Å². The maximum absolute atomic E-state index is 2.39. The summed E-state index contributed by atoms with van der Waals surface area (Å²) in [5.41, 5.74) is 2.96. The fourth-order valence-corrected chi connectivity index (χ4v) is 2.68. The standard InChI is InChI=1S/C11H18P/c1-10-7-5-6-8-11(10)9-12(2,3)4/h5-8H,9H2,1-4H3/q+1. The molecule has 0 amide bonds. The van der Waals surface area contributed by atoms with E-state index in [9.17, 15) is 0 Å². The Kier molecular flexibility index (Phi) is 2.90. The predicted octanol–water partition coefficient (Wildman–Crippen LogP) is 3.40. The molecular weight excluding hydrogens is 163 g/mol. The van der Waals surface area contributed by atoms with Crippen molar-refractivity contribution < 1.29 is 0 Å². The van der Waals surface area contributed by atoms with E-state index in [4.69, 9.17) is 0 Å². The number of aryl methyl sites for hydroxylation is 1. The summed E-state index contributed by atoms with van der Waals surface area (Å²) in [6, 6.07) is 8.70. The number of rotatable bonds is 2. The molecule has 1 aromatic carbocycles. The van der Waals surface area contributed by atoms with Crippen LogP contribution in [0.1, 0.15) is 11.1 Å². The summed E-state index contributed by atoms with van der Waals surface area (Å²) in [6.45, 7) is 9.36. The minimum atomic E-state index is -0.665. The van der Waals surface area contributed by atoms with Crippen molar-refractivity contribution in [2.24, 2.45) is 0 Å². The summed E-state index contributed by atoms with van der Waals surface area (Å²) in [7, 11) is -0.665. The second kappa shape index (κ2) is 3.58. The molecule has 0 unspecified atom stereocenters. The van der Waals surface area contributed by atoms with Crippen molar-refractivity contribution in [2.45, 2.75) is 13.1 Å². The SMILES string of the molecule is Cc1ccccc1C[P+](C)(C)C. The van der Waals surface area contributed by atoms with Gasteiger partial charge in [-0.1, -0.05) is 24.3 Å². The van der Waals surface area contributed by atoms with Gasteiger partial charge >= 0.3 is 0 Å². The largest absolute Gasteiger partial charge is 0.0837 e. The zero-order valence-corrected chi connectivity index (χ0v) is 9.36. The summed E-state index contributed by atoms with van der Waals surface area (Å²) >= 11 is 0. The molecule has 0 spiro atoms. The van der Waals surface area contributed by atoms with Gasteiger partial charge in [0.2, 0.25) is 0 Å². The minimum absolute atomic E-state index is 0.665. The summed E-state index contributed by atoms with van der Waals surface area (Å²) in [5.74, 6) is 0. The molecule has 0 nitrogen and oxygen atoms in total. The first-order valence-corrected chi connectivity index (χ1v) is 7.65. The molecule has 0 saturated heterocycles. The molecule has 0 aromatic heterocycles. The quantitative estimate of drug-likeness (QED) is 0.613. The zero-order chi connectivity index (χ0) is 9.19. The van der Waals surface area contributed by atoms with Crippen LogP contribution in [0, 0.1) is 6.92 Å². The Bertz CT molecular complexity index is 258. The van der Waals surface area contributed by atoms with Crippen molar-refractivity contribution in [3.63, 3.8) is 0 Å². The molecule has 0 aliphatic carbocycles. The van der Waals surface area contributed by atoms with E-state index in [-0.39, 0.29) is 0 Å². The lowest BCUT2D eigenvalue weighted by Crippen LogP contribution is -1.93. The minimum Gasteiger partial charge on any atom is -0.0620 e. The smallest absolute Gasteiger partial charge is 0.0620 e. The first-order chi connectivity index (χ1) is 5.49. The fraction of sp³-hybridized carbons (Fsp3) is 0.455. The predicted molar refractivity (Wildman–Crippen MR) is 59.6 cm³/mol. The van der Waals surface area contributed by atoms with Gasteiger partial charge in [0.15, 0.2) is 0 Å². The topological polar surface area (TPSA) is 0 Å². The first-order valence-electron chi connectivity index (χ1n) is 4.34. The van der Waals surface area contributed by atoms with Gasteiger partial charge in [-0.25, -0.2) is 0 Å². The summed E-state index contributed by atoms with van der Waals surface area (Å²) in [4.78, 5) is 0. The number of hydrogen-bond donors (Lipinski definition) is 0. The molecule has 0 aliphatic heterocycles. The zero-order valence-electron chi connectivity index (χ0n) is 8.46. The lowest BCUT2D eigenvalue weighted by Gasteiger charge is -2.13. The molecule has 1 aromatic rings. The van der Waals surface area contributed by atoms with Crippen LogP contribution in [0.2, 0.25) is 0 Å². The maximum Gasteiger partial charge on any atom is 0.0837 e. The molecule has 1 heteroatoms. The van der Waals surface area contributed by atoms with Gasteiger partial charge in [-0.2, -0.15) is 0 Å². The molecule has 1 rings (SSSR count). The third-order valence-corrected chi connectivity index (χ3v) is 3.20. The van der Waals surface area contributed by atoms with Crippen LogP contribution in [0.25, 0.3) is 0 Å². The van der Waals surface area contributed by atoms with E-state index in [1.54, 1.807) is 0 Å². The molecular formula is C11H18P+. The highest BCUT2D eigenvalue weighted by atomic mass is 31.2. The van der Waals surface area contributed by atoms with Crippen LogP contribution in [-0.2, 0) is 6.16 Å². The van der Waals surface area contributed by atoms with Gasteiger partial charge in [0.05, 0.1) is 6.16 Å². The normalized spacial score (nSPS) is 11.7. The van der Waals surface area contributed by atoms with Crippen molar-refractivity contribution in [1.82, 2.24) is 0 Å². The van der Waals surface area contributed by atoms with Gasteiger partial charge in [0, 0.05) is 27.3 Å². The molecule has 66 valence electrons. The van der Waals surface area contributed by atoms with Gasteiger partial charge in [0.25, 0.3) is 0 Å². The third-order valence-electron chi connectivity index (χ3n) is 1.91. The number of hydrogen-bond acceptors (Lipinski definition) is 0. The van der Waals surface area contributed by atoms with Crippen molar-refractivity contribution >= 4 is 7.26 Å². The van der Waals surface area contributed by atoms with Crippen LogP contribution in [0.3, 0.4) is 0 Å². The van der Waals surface area contributed by atoms with Gasteiger partial charge in [-0.05, 0) is 18.1 Å². The Hall–Kier alpha value is -0.350. The molecule has 0 atom stereocenters. The van der Waals surface area contributed by atoms with Crippen LogP contribution >= 0.6 is 7.26 Å². The van der Waals surface area contributed by atoms with Crippen LogP contribution in [0.5, 0.6) is 0 Å². The molecule has 0 heterocycles. The van der Waals surface area contributed by atoms with E-state index < -0.39 is 7.26 Å². The molecule has 12 heavy (non-hydrogen) atoms.